The van der Waals surface area contributed by atoms with Crippen molar-refractivity contribution >= 4 is 28.2 Å². The number of nitrogens with one attached hydrogen (secondary N) is 1. The Hall–Kier alpha value is -0.330. The fraction of sp³-hybridized carbons (Fsp3) is 0.833. The van der Waals surface area contributed by atoms with Gasteiger partial charge in [-0.3, -0.25) is 0 Å². The highest BCUT2D eigenvalue weighted by Crippen LogP contribution is 2.28. The maximum Gasteiger partial charge on any atom is 0.208 e. The second-order valence-corrected chi connectivity index (χ2v) is 6.83. The van der Waals surface area contributed by atoms with Gasteiger partial charge in [-0.1, -0.05) is 50.3 Å². The molecule has 0 aliphatic carbocycles. The molecule has 1 rings (SSSR count). The maximum absolute atomic E-state index is 4.22. The molecule has 2 unspecified atom stereocenters. The molecule has 0 radical (unpaired) electrons. The van der Waals surface area contributed by atoms with Gasteiger partial charge in [-0.2, -0.15) is 0 Å². The van der Waals surface area contributed by atoms with Crippen molar-refractivity contribution < 1.29 is 0 Å². The zero-order chi connectivity index (χ0) is 13.5. The summed E-state index contributed by atoms with van der Waals surface area (Å²) in [5.41, 5.74) is 0. The minimum Gasteiger partial charge on any atom is -0.353 e. The van der Waals surface area contributed by atoms with Crippen LogP contribution in [0.3, 0.4) is 0 Å². The summed E-state index contributed by atoms with van der Waals surface area (Å²) in [5, 5.41) is 12.9. The van der Waals surface area contributed by atoms with E-state index in [-0.39, 0.29) is 0 Å². The standard InChI is InChI=1S/C12H24N4S2/c1-6-9(3)10(13-7-2)8-17-12-15-14-11(18-12)16(4)5/h9-10,13H,6-8H2,1-5H3. The summed E-state index contributed by atoms with van der Waals surface area (Å²) in [6, 6.07) is 0.553. The monoisotopic (exact) mass is 288 g/mol. The highest BCUT2D eigenvalue weighted by Gasteiger charge is 2.16. The third-order valence-corrected chi connectivity index (χ3v) is 5.31. The number of aromatic nitrogens is 2. The molecule has 0 amide bonds. The third kappa shape index (κ3) is 4.74. The van der Waals surface area contributed by atoms with Crippen molar-refractivity contribution in [1.29, 1.82) is 0 Å². The lowest BCUT2D eigenvalue weighted by Gasteiger charge is -2.22. The summed E-state index contributed by atoms with van der Waals surface area (Å²) in [7, 11) is 3.99. The molecule has 1 heterocycles. The van der Waals surface area contributed by atoms with Gasteiger partial charge in [0, 0.05) is 25.9 Å². The predicted octanol–water partition coefficient (Wildman–Crippen LogP) is 2.72. The van der Waals surface area contributed by atoms with Gasteiger partial charge in [-0.15, -0.1) is 10.2 Å². The average Bonchev–Trinajstić information content (AvgIpc) is 2.82. The Morgan fingerprint density at radius 2 is 2.06 bits per heavy atom. The van der Waals surface area contributed by atoms with Crippen molar-refractivity contribution in [1.82, 2.24) is 15.5 Å². The van der Waals surface area contributed by atoms with E-state index >= 15 is 0 Å². The van der Waals surface area contributed by atoms with Gasteiger partial charge in [0.1, 0.15) is 0 Å². The molecule has 2 atom stereocenters. The molecule has 0 spiro atoms. The number of thioether (sulfide) groups is 1. The molecule has 6 heteroatoms. The van der Waals surface area contributed by atoms with Gasteiger partial charge >= 0.3 is 0 Å². The van der Waals surface area contributed by atoms with E-state index in [1.165, 1.54) is 6.42 Å². The van der Waals surface area contributed by atoms with Crippen LogP contribution in [-0.4, -0.2) is 42.6 Å². The second kappa shape index (κ2) is 7.96. The van der Waals surface area contributed by atoms with E-state index < -0.39 is 0 Å². The van der Waals surface area contributed by atoms with E-state index in [0.29, 0.717) is 12.0 Å². The molecular weight excluding hydrogens is 264 g/mol. The Balaban J connectivity index is 2.50. The van der Waals surface area contributed by atoms with E-state index in [0.717, 1.165) is 21.8 Å². The Bertz CT molecular complexity index is 341. The van der Waals surface area contributed by atoms with E-state index in [1.807, 2.05) is 19.0 Å². The third-order valence-electron chi connectivity index (χ3n) is 2.96. The molecule has 0 saturated heterocycles. The van der Waals surface area contributed by atoms with Crippen molar-refractivity contribution in [3.63, 3.8) is 0 Å². The SMILES string of the molecule is CCNC(CSc1nnc(N(C)C)s1)C(C)CC. The van der Waals surface area contributed by atoms with E-state index in [9.17, 15) is 0 Å². The van der Waals surface area contributed by atoms with E-state index in [2.05, 4.69) is 36.3 Å². The van der Waals surface area contributed by atoms with Crippen LogP contribution in [0.1, 0.15) is 27.2 Å². The van der Waals surface area contributed by atoms with E-state index in [4.69, 9.17) is 0 Å². The lowest BCUT2D eigenvalue weighted by atomic mass is 10.0. The summed E-state index contributed by atoms with van der Waals surface area (Å²) in [4.78, 5) is 2.00. The Kier molecular flexibility index (Phi) is 6.96. The van der Waals surface area contributed by atoms with Crippen LogP contribution in [0.25, 0.3) is 0 Å². The van der Waals surface area contributed by atoms with Crippen LogP contribution < -0.4 is 10.2 Å². The van der Waals surface area contributed by atoms with Crippen molar-refractivity contribution in [2.24, 2.45) is 5.92 Å². The molecule has 0 aromatic carbocycles. The lowest BCUT2D eigenvalue weighted by Crippen LogP contribution is -2.36. The van der Waals surface area contributed by atoms with Crippen LogP contribution in [-0.2, 0) is 0 Å². The summed E-state index contributed by atoms with van der Waals surface area (Å²) < 4.78 is 1.06. The summed E-state index contributed by atoms with van der Waals surface area (Å²) >= 11 is 3.47. The number of nitrogens with zero attached hydrogens (tertiary/aromatic N) is 3. The first-order valence-electron chi connectivity index (χ1n) is 6.45. The topological polar surface area (TPSA) is 41.1 Å². The maximum atomic E-state index is 4.22. The van der Waals surface area contributed by atoms with Gasteiger partial charge in [0.25, 0.3) is 0 Å². The van der Waals surface area contributed by atoms with E-state index in [1.54, 1.807) is 23.1 Å². The predicted molar refractivity (Wildman–Crippen MR) is 81.9 cm³/mol. The molecule has 1 aromatic rings. The molecule has 0 aliphatic rings. The van der Waals surface area contributed by atoms with Gasteiger partial charge in [-0.05, 0) is 12.5 Å². The molecule has 4 nitrogen and oxygen atoms in total. The molecule has 18 heavy (non-hydrogen) atoms. The number of rotatable bonds is 8. The van der Waals surface area contributed by atoms with Crippen molar-refractivity contribution in [2.45, 2.75) is 37.6 Å². The first-order valence-corrected chi connectivity index (χ1v) is 8.25. The van der Waals surface area contributed by atoms with Gasteiger partial charge in [0.15, 0.2) is 4.34 Å². The average molecular weight is 288 g/mol. The van der Waals surface area contributed by atoms with Gasteiger partial charge in [-0.25, -0.2) is 0 Å². The normalized spacial score (nSPS) is 14.5. The molecule has 0 saturated carbocycles. The van der Waals surface area contributed by atoms with Gasteiger partial charge in [0.05, 0.1) is 0 Å². The zero-order valence-corrected chi connectivity index (χ0v) is 13.6. The van der Waals surface area contributed by atoms with Crippen molar-refractivity contribution in [2.75, 3.05) is 31.3 Å². The highest BCUT2D eigenvalue weighted by molar-refractivity contribution is 8.01. The second-order valence-electron chi connectivity index (χ2n) is 4.61. The molecule has 1 aromatic heterocycles. The number of hydrogen-bond acceptors (Lipinski definition) is 6. The van der Waals surface area contributed by atoms with Crippen LogP contribution >= 0.6 is 23.1 Å². The summed E-state index contributed by atoms with van der Waals surface area (Å²) in [5.74, 6) is 1.75. The molecule has 0 aliphatic heterocycles. The quantitative estimate of drug-likeness (QED) is 0.745. The number of anilines is 1. The number of hydrogen-bond donors (Lipinski definition) is 1. The Morgan fingerprint density at radius 3 is 2.56 bits per heavy atom. The van der Waals surface area contributed by atoms with Crippen LogP contribution in [0.4, 0.5) is 5.13 Å². The zero-order valence-electron chi connectivity index (χ0n) is 11.9. The smallest absolute Gasteiger partial charge is 0.208 e. The summed E-state index contributed by atoms with van der Waals surface area (Å²) in [6.45, 7) is 7.73. The van der Waals surface area contributed by atoms with Crippen LogP contribution in [0, 0.1) is 5.92 Å². The largest absolute Gasteiger partial charge is 0.353 e. The lowest BCUT2D eigenvalue weighted by molar-refractivity contribution is 0.404. The van der Waals surface area contributed by atoms with Crippen LogP contribution in [0.15, 0.2) is 4.34 Å². The highest BCUT2D eigenvalue weighted by atomic mass is 32.2. The first kappa shape index (κ1) is 15.7. The minimum atomic E-state index is 0.553. The van der Waals surface area contributed by atoms with Crippen LogP contribution in [0.2, 0.25) is 0 Å². The molecule has 0 fully saturated rings. The Labute approximate surface area is 119 Å². The fourth-order valence-corrected chi connectivity index (χ4v) is 3.61. The van der Waals surface area contributed by atoms with Crippen molar-refractivity contribution in [3.05, 3.63) is 0 Å². The molecule has 104 valence electrons. The van der Waals surface area contributed by atoms with Crippen molar-refractivity contribution in [3.8, 4) is 0 Å². The molecule has 0 bridgehead atoms. The first-order chi connectivity index (χ1) is 8.58. The summed E-state index contributed by atoms with van der Waals surface area (Å²) in [6.07, 6.45) is 1.21. The molecule has 1 N–H and O–H groups in total. The fourth-order valence-electron chi connectivity index (χ4n) is 1.57. The Morgan fingerprint density at radius 1 is 1.33 bits per heavy atom. The van der Waals surface area contributed by atoms with Gasteiger partial charge < -0.3 is 10.2 Å². The minimum absolute atomic E-state index is 0.553. The van der Waals surface area contributed by atoms with Gasteiger partial charge in [0.2, 0.25) is 5.13 Å². The van der Waals surface area contributed by atoms with Crippen LogP contribution in [0.5, 0.6) is 0 Å². The molecular formula is C12H24N4S2.